The van der Waals surface area contributed by atoms with Crippen molar-refractivity contribution in [2.75, 3.05) is 23.4 Å². The summed E-state index contributed by atoms with van der Waals surface area (Å²) < 4.78 is 43.3. The Balaban J connectivity index is 1.59. The van der Waals surface area contributed by atoms with Gasteiger partial charge in [0, 0.05) is 19.3 Å². The van der Waals surface area contributed by atoms with Crippen LogP contribution in [0.4, 0.5) is 24.0 Å². The Kier molecular flexibility index (Phi) is 5.47. The summed E-state index contributed by atoms with van der Waals surface area (Å²) in [6.07, 6.45) is -0.702. The van der Waals surface area contributed by atoms with Crippen LogP contribution in [-0.2, 0) is 10.9 Å². The van der Waals surface area contributed by atoms with Gasteiger partial charge < -0.3 is 9.64 Å². The van der Waals surface area contributed by atoms with Gasteiger partial charge >= 0.3 is 6.18 Å². The lowest BCUT2D eigenvalue weighted by Crippen LogP contribution is -2.45. The topological polar surface area (TPSA) is 49.8 Å². The summed E-state index contributed by atoms with van der Waals surface area (Å²) in [7, 11) is 0. The summed E-state index contributed by atoms with van der Waals surface area (Å²) in [5.74, 6) is 0. The number of rotatable bonds is 4. The van der Waals surface area contributed by atoms with Crippen LogP contribution in [0.25, 0.3) is 0 Å². The Bertz CT molecular complexity index is 750. The number of hydrogen-bond donors (Lipinski definition) is 1. The zero-order valence-electron chi connectivity index (χ0n) is 14.3. The molecule has 140 valence electrons. The number of nitrogens with zero attached hydrogens (tertiary/aromatic N) is 3. The number of ether oxygens (including phenoxy) is 1. The van der Waals surface area contributed by atoms with Crippen molar-refractivity contribution in [2.45, 2.75) is 32.2 Å². The molecule has 1 fully saturated rings. The Labute approximate surface area is 153 Å². The highest BCUT2D eigenvalue weighted by atomic mass is 32.1. The molecule has 1 aliphatic rings. The van der Waals surface area contributed by atoms with Gasteiger partial charge in [-0.15, -0.1) is 0 Å². The number of halogens is 3. The van der Waals surface area contributed by atoms with Gasteiger partial charge in [0.05, 0.1) is 34.6 Å². The van der Waals surface area contributed by atoms with E-state index in [9.17, 15) is 13.2 Å². The standard InChI is InChI=1S/C17H19F3N4OS/c1-11-9-24(10-12(2)25-11)16-21-7-15(26-16)8-22-23-14-5-3-13(4-6-14)17(18,19)20/h3-8,11-12,23H,9-10H2,1-2H3/b22-8+. The van der Waals surface area contributed by atoms with Crippen LogP contribution in [0.15, 0.2) is 35.6 Å². The Morgan fingerprint density at radius 3 is 2.50 bits per heavy atom. The second-order valence-corrected chi connectivity index (χ2v) is 7.19. The monoisotopic (exact) mass is 384 g/mol. The van der Waals surface area contributed by atoms with Crippen molar-refractivity contribution in [3.8, 4) is 0 Å². The van der Waals surface area contributed by atoms with E-state index in [1.807, 2.05) is 13.8 Å². The molecule has 26 heavy (non-hydrogen) atoms. The third-order valence-corrected chi connectivity index (χ3v) is 4.79. The molecular weight excluding hydrogens is 365 g/mol. The maximum atomic E-state index is 12.5. The fraction of sp³-hybridized carbons (Fsp3) is 0.412. The maximum Gasteiger partial charge on any atom is 0.416 e. The highest BCUT2D eigenvalue weighted by Crippen LogP contribution is 2.30. The first kappa shape index (κ1) is 18.7. The lowest BCUT2D eigenvalue weighted by atomic mass is 10.2. The zero-order chi connectivity index (χ0) is 18.7. The van der Waals surface area contributed by atoms with Gasteiger partial charge in [-0.05, 0) is 38.1 Å². The minimum absolute atomic E-state index is 0.154. The van der Waals surface area contributed by atoms with E-state index in [2.05, 4.69) is 20.4 Å². The normalized spacial score (nSPS) is 21.3. The van der Waals surface area contributed by atoms with Crippen LogP contribution in [0, 0.1) is 0 Å². The lowest BCUT2D eigenvalue weighted by molar-refractivity contribution is -0.137. The summed E-state index contributed by atoms with van der Waals surface area (Å²) in [5.41, 5.74) is 2.52. The third-order valence-electron chi connectivity index (χ3n) is 3.80. The molecule has 0 saturated carbocycles. The molecule has 9 heteroatoms. The number of thiazole rings is 1. The fourth-order valence-electron chi connectivity index (χ4n) is 2.72. The second-order valence-electron chi connectivity index (χ2n) is 6.15. The average molecular weight is 384 g/mol. The first-order valence-electron chi connectivity index (χ1n) is 8.14. The Hall–Kier alpha value is -2.13. The van der Waals surface area contributed by atoms with E-state index in [0.29, 0.717) is 5.69 Å². The minimum atomic E-state index is -4.34. The predicted molar refractivity (Wildman–Crippen MR) is 97.0 cm³/mol. The smallest absolute Gasteiger partial charge is 0.372 e. The van der Waals surface area contributed by atoms with Crippen LogP contribution in [-0.4, -0.2) is 36.5 Å². The van der Waals surface area contributed by atoms with Gasteiger partial charge in [-0.1, -0.05) is 11.3 Å². The molecule has 2 unspecified atom stereocenters. The first-order chi connectivity index (χ1) is 12.3. The molecule has 2 atom stereocenters. The van der Waals surface area contributed by atoms with E-state index >= 15 is 0 Å². The predicted octanol–water partition coefficient (Wildman–Crippen LogP) is 4.22. The summed E-state index contributed by atoms with van der Waals surface area (Å²) in [4.78, 5) is 7.46. The van der Waals surface area contributed by atoms with Gasteiger partial charge in [0.25, 0.3) is 0 Å². The fourth-order valence-corrected chi connectivity index (χ4v) is 3.53. The molecule has 0 bridgehead atoms. The zero-order valence-corrected chi connectivity index (χ0v) is 15.1. The van der Waals surface area contributed by atoms with Gasteiger partial charge in [-0.3, -0.25) is 5.43 Å². The summed E-state index contributed by atoms with van der Waals surface area (Å²) in [6, 6.07) is 4.72. The van der Waals surface area contributed by atoms with Crippen LogP contribution >= 0.6 is 11.3 Å². The number of hydrogen-bond acceptors (Lipinski definition) is 6. The van der Waals surface area contributed by atoms with Crippen LogP contribution in [0.3, 0.4) is 0 Å². The largest absolute Gasteiger partial charge is 0.416 e. The van der Waals surface area contributed by atoms with Gasteiger partial charge in [0.15, 0.2) is 5.13 Å². The molecule has 0 amide bonds. The number of morpholine rings is 1. The molecule has 1 aromatic carbocycles. The van der Waals surface area contributed by atoms with E-state index < -0.39 is 11.7 Å². The molecule has 0 aliphatic carbocycles. The Morgan fingerprint density at radius 1 is 1.23 bits per heavy atom. The van der Waals surface area contributed by atoms with Gasteiger partial charge in [-0.25, -0.2) is 4.98 Å². The first-order valence-corrected chi connectivity index (χ1v) is 8.95. The highest BCUT2D eigenvalue weighted by molar-refractivity contribution is 7.17. The minimum Gasteiger partial charge on any atom is -0.372 e. The molecule has 2 heterocycles. The Morgan fingerprint density at radius 2 is 1.88 bits per heavy atom. The van der Waals surface area contributed by atoms with Crippen molar-refractivity contribution in [1.82, 2.24) is 4.98 Å². The summed E-state index contributed by atoms with van der Waals surface area (Å²) >= 11 is 1.51. The molecule has 0 radical (unpaired) electrons. The van der Waals surface area contributed by atoms with Gasteiger partial charge in [0.2, 0.25) is 0 Å². The van der Waals surface area contributed by atoms with Crippen molar-refractivity contribution in [2.24, 2.45) is 5.10 Å². The molecule has 1 N–H and O–H groups in total. The van der Waals surface area contributed by atoms with Gasteiger partial charge in [-0.2, -0.15) is 18.3 Å². The van der Waals surface area contributed by atoms with E-state index in [1.54, 1.807) is 12.4 Å². The number of anilines is 2. The number of benzene rings is 1. The van der Waals surface area contributed by atoms with E-state index in [4.69, 9.17) is 4.74 Å². The number of aromatic nitrogens is 1. The van der Waals surface area contributed by atoms with Crippen molar-refractivity contribution in [1.29, 1.82) is 0 Å². The quantitative estimate of drug-likeness (QED) is 0.633. The lowest BCUT2D eigenvalue weighted by Gasteiger charge is -2.35. The van der Waals surface area contributed by atoms with Gasteiger partial charge in [0.1, 0.15) is 0 Å². The second kappa shape index (κ2) is 7.63. The molecule has 5 nitrogen and oxygen atoms in total. The van der Waals surface area contributed by atoms with Crippen LogP contribution in [0.5, 0.6) is 0 Å². The number of alkyl halides is 3. The van der Waals surface area contributed by atoms with Crippen LogP contribution < -0.4 is 10.3 Å². The molecule has 1 aromatic heterocycles. The van der Waals surface area contributed by atoms with E-state index in [-0.39, 0.29) is 12.2 Å². The van der Waals surface area contributed by atoms with Crippen LogP contribution in [0.2, 0.25) is 0 Å². The van der Waals surface area contributed by atoms with Crippen molar-refractivity contribution in [3.63, 3.8) is 0 Å². The van der Waals surface area contributed by atoms with Crippen molar-refractivity contribution >= 4 is 28.4 Å². The number of hydrazone groups is 1. The molecule has 1 saturated heterocycles. The third kappa shape index (κ3) is 4.73. The van der Waals surface area contributed by atoms with E-state index in [1.165, 1.54) is 23.5 Å². The van der Waals surface area contributed by atoms with Crippen molar-refractivity contribution in [3.05, 3.63) is 40.9 Å². The molecule has 1 aliphatic heterocycles. The number of nitrogens with one attached hydrogen (secondary N) is 1. The van der Waals surface area contributed by atoms with Crippen molar-refractivity contribution < 1.29 is 17.9 Å². The van der Waals surface area contributed by atoms with E-state index in [0.717, 1.165) is 35.2 Å². The molecular formula is C17H19F3N4OS. The summed E-state index contributed by atoms with van der Waals surface area (Å²) in [5, 5.41) is 4.97. The average Bonchev–Trinajstić information content (AvgIpc) is 3.02. The maximum absolute atomic E-state index is 12.5. The summed E-state index contributed by atoms with van der Waals surface area (Å²) in [6.45, 7) is 5.65. The molecule has 2 aromatic rings. The SMILES string of the molecule is CC1CN(c2ncc(/C=N/Nc3ccc(C(F)(F)F)cc3)s2)CC(C)O1. The van der Waals surface area contributed by atoms with Crippen LogP contribution in [0.1, 0.15) is 24.3 Å². The highest BCUT2D eigenvalue weighted by Gasteiger charge is 2.29. The molecule has 3 rings (SSSR count). The molecule has 0 spiro atoms.